The molecule has 0 aliphatic carbocycles. The van der Waals surface area contributed by atoms with Gasteiger partial charge >= 0.3 is 41.7 Å². The van der Waals surface area contributed by atoms with E-state index in [0.29, 0.717) is 15.6 Å². The van der Waals surface area contributed by atoms with Crippen LogP contribution in [0.25, 0.3) is 5.57 Å². The van der Waals surface area contributed by atoms with Crippen molar-refractivity contribution in [2.24, 2.45) is 0 Å². The summed E-state index contributed by atoms with van der Waals surface area (Å²) >= 11 is 1.32. The number of nitrogens with zero attached hydrogens (tertiary/aromatic N) is 3. The van der Waals surface area contributed by atoms with Crippen LogP contribution in [0.5, 0.6) is 0 Å². The van der Waals surface area contributed by atoms with E-state index >= 15 is 0 Å². The second-order valence-corrected chi connectivity index (χ2v) is 9.03. The van der Waals surface area contributed by atoms with Crippen LogP contribution in [0, 0.1) is 0 Å². The molecule has 0 radical (unpaired) electrons. The average Bonchev–Trinajstić information content (AvgIpc) is 3.15. The maximum atomic E-state index is 12.6. The van der Waals surface area contributed by atoms with Gasteiger partial charge in [0.1, 0.15) is 10.6 Å². The molecule has 11 nitrogen and oxygen atoms in total. The molecule has 2 bridgehead atoms. The third kappa shape index (κ3) is 5.90. The number of carbonyl (C=O) groups is 2. The molecule has 14 heteroatoms. The van der Waals surface area contributed by atoms with Gasteiger partial charge in [0.15, 0.2) is 0 Å². The molecule has 29 heavy (non-hydrogen) atoms. The van der Waals surface area contributed by atoms with Gasteiger partial charge in [0, 0.05) is 30.2 Å². The molecule has 0 saturated carbocycles. The topological polar surface area (TPSA) is 141 Å². The zero-order chi connectivity index (χ0) is 20.7. The van der Waals surface area contributed by atoms with E-state index < -0.39 is 40.2 Å². The third-order valence-corrected chi connectivity index (χ3v) is 5.08. The van der Waals surface area contributed by atoms with Crippen molar-refractivity contribution in [2.45, 2.75) is 38.5 Å². The van der Waals surface area contributed by atoms with E-state index in [9.17, 15) is 22.6 Å². The number of urea groups is 1. The van der Waals surface area contributed by atoms with Crippen LogP contribution in [0.3, 0.4) is 0 Å². The largest absolute Gasteiger partial charge is 1.00 e. The molecule has 1 fully saturated rings. The molecule has 1 aromatic rings. The van der Waals surface area contributed by atoms with Crippen LogP contribution in [0.1, 0.15) is 25.8 Å². The van der Waals surface area contributed by atoms with Crippen molar-refractivity contribution in [3.05, 3.63) is 22.7 Å². The van der Waals surface area contributed by atoms with E-state index in [0.717, 1.165) is 0 Å². The maximum absolute atomic E-state index is 12.6. The summed E-state index contributed by atoms with van der Waals surface area (Å²) < 4.78 is 42.4. The number of aromatic nitrogens is 1. The summed E-state index contributed by atoms with van der Waals surface area (Å²) in [4.78, 5) is 30.2. The molecular formula is C15H19N4NaO7S2. The molecule has 3 rings (SSSR count). The Labute approximate surface area is 194 Å². The summed E-state index contributed by atoms with van der Waals surface area (Å²) in [6.45, 7) is 5.28. The van der Waals surface area contributed by atoms with Gasteiger partial charge in [-0.05, 0) is 26.8 Å². The minimum absolute atomic E-state index is 0. The number of ether oxygens (including phenoxy) is 1. The van der Waals surface area contributed by atoms with Crippen molar-refractivity contribution in [1.82, 2.24) is 20.3 Å². The van der Waals surface area contributed by atoms with Crippen molar-refractivity contribution >= 4 is 39.4 Å². The van der Waals surface area contributed by atoms with Gasteiger partial charge in [0.05, 0.1) is 12.1 Å². The number of thiazole rings is 1. The second-order valence-electron chi connectivity index (χ2n) is 7.17. The molecule has 2 atom stereocenters. The SMILES string of the molecule is CC(C)(C)OC(=O)NC[C@@H]1C(c2nccs2)=C[C@@H]2CN1C(=O)N2OS(=O)(=O)[O-].[Na+]. The smallest absolute Gasteiger partial charge is 0.724 e. The van der Waals surface area contributed by atoms with E-state index in [-0.39, 0.29) is 42.6 Å². The Morgan fingerprint density at radius 2 is 2.14 bits per heavy atom. The Hall–Kier alpha value is -1.22. The van der Waals surface area contributed by atoms with Crippen LogP contribution < -0.4 is 34.9 Å². The van der Waals surface area contributed by atoms with E-state index in [1.807, 2.05) is 0 Å². The van der Waals surface area contributed by atoms with Crippen molar-refractivity contribution in [3.63, 3.8) is 0 Å². The number of nitrogens with one attached hydrogen (secondary N) is 1. The predicted molar refractivity (Wildman–Crippen MR) is 96.6 cm³/mol. The summed E-state index contributed by atoms with van der Waals surface area (Å²) in [5.41, 5.74) is -0.0724. The molecule has 3 heterocycles. The number of hydrogen-bond donors (Lipinski definition) is 1. The number of hydrogen-bond acceptors (Lipinski definition) is 9. The van der Waals surface area contributed by atoms with Gasteiger partial charge in [-0.3, -0.25) is 0 Å². The van der Waals surface area contributed by atoms with Crippen LogP contribution in [0.2, 0.25) is 0 Å². The second kappa shape index (κ2) is 8.88. The quantitative estimate of drug-likeness (QED) is 0.304. The molecule has 0 aromatic carbocycles. The van der Waals surface area contributed by atoms with Crippen LogP contribution in [0.15, 0.2) is 17.7 Å². The minimum atomic E-state index is -5.12. The molecule has 0 spiro atoms. The Morgan fingerprint density at radius 3 is 2.69 bits per heavy atom. The minimum Gasteiger partial charge on any atom is -0.724 e. The predicted octanol–water partition coefficient (Wildman–Crippen LogP) is -2.06. The van der Waals surface area contributed by atoms with E-state index in [1.165, 1.54) is 16.2 Å². The molecule has 0 unspecified atom stereocenters. The van der Waals surface area contributed by atoms with Crippen molar-refractivity contribution in [2.75, 3.05) is 13.1 Å². The zero-order valence-electron chi connectivity index (χ0n) is 16.3. The van der Waals surface area contributed by atoms with E-state index in [4.69, 9.17) is 4.74 Å². The first kappa shape index (κ1) is 24.1. The van der Waals surface area contributed by atoms with Crippen LogP contribution in [0.4, 0.5) is 9.59 Å². The van der Waals surface area contributed by atoms with E-state index in [1.54, 1.807) is 38.4 Å². The molecule has 1 N–H and O–H groups in total. The van der Waals surface area contributed by atoms with Gasteiger partial charge in [-0.15, -0.1) is 11.3 Å². The monoisotopic (exact) mass is 454 g/mol. The number of fused-ring (bicyclic) bond motifs is 2. The van der Waals surface area contributed by atoms with Gasteiger partial charge in [-0.1, -0.05) is 0 Å². The van der Waals surface area contributed by atoms with Gasteiger partial charge < -0.3 is 19.5 Å². The standard InChI is InChI=1S/C15H20N4O7S2.Na/c1-15(2,3)25-13(20)17-7-11-10(12-16-4-5-27-12)6-9-8-18(11)14(21)19(9)26-28(22,23)24;/h4-6,9,11H,7-8H2,1-3H3,(H,17,20)(H,22,23,24);/q;+1/p-1/t9-,11-;/m1./s1. The Morgan fingerprint density at radius 1 is 1.45 bits per heavy atom. The number of alkyl carbamates (subject to hydrolysis) is 1. The van der Waals surface area contributed by atoms with Crippen molar-refractivity contribution < 1.29 is 61.1 Å². The first-order valence-corrected chi connectivity index (χ1v) is 10.5. The zero-order valence-corrected chi connectivity index (χ0v) is 19.9. The fraction of sp³-hybridized carbons (Fsp3) is 0.533. The average molecular weight is 454 g/mol. The molecule has 154 valence electrons. The summed E-state index contributed by atoms with van der Waals surface area (Å²) in [6.07, 6.45) is 2.55. The first-order valence-electron chi connectivity index (χ1n) is 8.28. The van der Waals surface area contributed by atoms with Gasteiger partial charge in [0.2, 0.25) is 10.4 Å². The van der Waals surface area contributed by atoms with Crippen LogP contribution >= 0.6 is 11.3 Å². The molecule has 2 aliphatic heterocycles. The van der Waals surface area contributed by atoms with Crippen molar-refractivity contribution in [3.8, 4) is 0 Å². The first-order chi connectivity index (χ1) is 12.9. The van der Waals surface area contributed by atoms with Gasteiger partial charge in [-0.25, -0.2) is 23.0 Å². The fourth-order valence-corrected chi connectivity index (χ4v) is 4.05. The molecule has 3 amide bonds. The summed E-state index contributed by atoms with van der Waals surface area (Å²) in [5.74, 6) is 0. The molecule has 1 aromatic heterocycles. The van der Waals surface area contributed by atoms with Gasteiger partial charge in [0.25, 0.3) is 0 Å². The third-order valence-electron chi connectivity index (χ3n) is 3.92. The van der Waals surface area contributed by atoms with Crippen LogP contribution in [-0.2, 0) is 19.4 Å². The summed E-state index contributed by atoms with van der Waals surface area (Å²) in [5, 5.41) is 5.49. The summed E-state index contributed by atoms with van der Waals surface area (Å²) in [7, 11) is -5.12. The van der Waals surface area contributed by atoms with Gasteiger partial charge in [-0.2, -0.15) is 9.35 Å². The van der Waals surface area contributed by atoms with Crippen molar-refractivity contribution in [1.29, 1.82) is 0 Å². The fourth-order valence-electron chi connectivity index (χ4n) is 2.97. The number of rotatable bonds is 5. The molecule has 1 saturated heterocycles. The normalized spacial score (nSPS) is 21.5. The van der Waals surface area contributed by atoms with Crippen LogP contribution in [-0.4, -0.2) is 70.8 Å². The Bertz CT molecular complexity index is 898. The number of amides is 3. The summed E-state index contributed by atoms with van der Waals surface area (Å²) in [6, 6.07) is -2.19. The molecular weight excluding hydrogens is 435 g/mol. The Kier molecular flexibility index (Phi) is 7.36. The Balaban J connectivity index is 0.00000300. The maximum Gasteiger partial charge on any atom is 1.00 e. The number of hydroxylamine groups is 2. The van der Waals surface area contributed by atoms with E-state index in [2.05, 4.69) is 14.6 Å². The molecule has 2 aliphatic rings. The number of carbonyl (C=O) groups excluding carboxylic acids is 2.